The van der Waals surface area contributed by atoms with Crippen molar-refractivity contribution in [3.05, 3.63) is 273 Å². The van der Waals surface area contributed by atoms with Crippen molar-refractivity contribution in [1.29, 1.82) is 0 Å². The number of anilines is 4. The zero-order chi connectivity index (χ0) is 53.1. The van der Waals surface area contributed by atoms with E-state index in [0.717, 1.165) is 77.9 Å². The quantitative estimate of drug-likeness (QED) is 0.128. The Morgan fingerprint density at radius 3 is 1.68 bits per heavy atom. The van der Waals surface area contributed by atoms with E-state index in [1.807, 2.05) is 174 Å². The number of fused-ring (bicyclic) bond motifs is 4. The number of rotatable bonds is 10. The minimum Gasteiger partial charge on any atom is -0.509 e. The summed E-state index contributed by atoms with van der Waals surface area (Å²) in [6, 6.07) is 80.0. The standard InChI is InChI=1S/C67H45N4O.Pt/c1-46-39-66(68-44-60(46)51-29-15-6-16-30-51)71-61-38-37-52(47-21-7-2-8-22-47)40-58(61)59-42-57(50-27-13-5-14-28-50)65(43-64(59)71)72-54-32-19-31-53(41-54)69-45-70(63-36-18-17-35-62(63)69)67-55(48-23-9-3-10-24-48)33-20-34-56(67)49-25-11-4-12-26-49;/h2-40,42,44-45H,1H3;/q-3;/i1D3,19D,31D,32D;. The number of hydrogen-bond acceptors (Lipinski definition) is 4. The van der Waals surface area contributed by atoms with Gasteiger partial charge in [0.1, 0.15) is 5.82 Å². The summed E-state index contributed by atoms with van der Waals surface area (Å²) in [7, 11) is 0. The molecular formula is C67H45N4OPt-3. The largest absolute Gasteiger partial charge is 0.509 e. The first kappa shape index (κ1) is 38.9. The Labute approximate surface area is 448 Å². The minimum absolute atomic E-state index is 0. The molecule has 0 bridgehead atoms. The molecule has 3 heterocycles. The first-order valence-electron chi connectivity index (χ1n) is 26.8. The van der Waals surface area contributed by atoms with Crippen LogP contribution in [0.25, 0.3) is 83.3 Å². The van der Waals surface area contributed by atoms with Crippen LogP contribution in [0.1, 0.15) is 13.8 Å². The minimum atomic E-state index is -2.49. The van der Waals surface area contributed by atoms with Crippen LogP contribution < -0.4 is 14.5 Å². The van der Waals surface area contributed by atoms with E-state index in [4.69, 9.17) is 13.8 Å². The summed E-state index contributed by atoms with van der Waals surface area (Å²) in [4.78, 5) is 8.96. The van der Waals surface area contributed by atoms with Gasteiger partial charge in [0.25, 0.3) is 0 Å². The SMILES string of the molecule is [2H]c1c(Oc2[c-]c3c(cc2-c2ccccc2)c2cc(-c4ccccc4)ccc2n3-c2cc(C([2H])([2H])[2H])c(-c3ccccc3)cn2)[c-]c(N2[CH-]N(c3c(-c4ccccc4)cccc3-c3ccccc3)c3ccccc32)c([2H])c1[2H].[Pt]. The van der Waals surface area contributed by atoms with Crippen LogP contribution in [0.3, 0.4) is 0 Å². The second kappa shape index (κ2) is 19.4. The third-order valence-electron chi connectivity index (χ3n) is 13.3. The van der Waals surface area contributed by atoms with E-state index >= 15 is 0 Å². The van der Waals surface area contributed by atoms with E-state index in [1.165, 1.54) is 0 Å². The molecule has 12 aromatic rings. The first-order valence-corrected chi connectivity index (χ1v) is 23.8. The molecule has 0 unspecified atom stereocenters. The van der Waals surface area contributed by atoms with Gasteiger partial charge in [-0.15, -0.1) is 42.0 Å². The van der Waals surface area contributed by atoms with Gasteiger partial charge in [0.15, 0.2) is 0 Å². The fourth-order valence-corrected chi connectivity index (χ4v) is 9.91. The van der Waals surface area contributed by atoms with Gasteiger partial charge in [-0.1, -0.05) is 211 Å². The molecule has 0 spiro atoms. The molecule has 0 aliphatic carbocycles. The van der Waals surface area contributed by atoms with Crippen molar-refractivity contribution < 1.29 is 34.0 Å². The molecule has 10 aromatic carbocycles. The molecule has 13 rings (SSSR count). The first-order chi connectivity index (χ1) is 38.1. The molecule has 0 saturated carbocycles. The maximum absolute atomic E-state index is 9.49. The molecule has 73 heavy (non-hydrogen) atoms. The Balaban J connectivity index is 0.00000623. The van der Waals surface area contributed by atoms with E-state index < -0.39 is 6.85 Å². The van der Waals surface area contributed by atoms with Crippen molar-refractivity contribution in [2.45, 2.75) is 6.85 Å². The second-order valence-corrected chi connectivity index (χ2v) is 17.6. The zero-order valence-corrected chi connectivity index (χ0v) is 41.3. The molecule has 1 aliphatic rings. The zero-order valence-electron chi connectivity index (χ0n) is 45.0. The summed E-state index contributed by atoms with van der Waals surface area (Å²) < 4.78 is 63.4. The van der Waals surface area contributed by atoms with Crippen LogP contribution in [0, 0.1) is 25.7 Å². The molecular weight excluding hydrogens is 1070 g/mol. The average molecular weight is 1120 g/mol. The normalized spacial score (nSPS) is 13.3. The van der Waals surface area contributed by atoms with Crippen LogP contribution in [0.4, 0.5) is 22.7 Å². The molecule has 0 fully saturated rings. The van der Waals surface area contributed by atoms with Crippen LogP contribution in [0.5, 0.6) is 11.5 Å². The van der Waals surface area contributed by atoms with E-state index in [-0.39, 0.29) is 61.9 Å². The third kappa shape index (κ3) is 8.38. The summed E-state index contributed by atoms with van der Waals surface area (Å²) in [5.74, 6) is 0.506. The fraction of sp³-hybridized carbons (Fsp3) is 0.0149. The number of aromatic nitrogens is 2. The predicted molar refractivity (Wildman–Crippen MR) is 296 cm³/mol. The predicted octanol–water partition coefficient (Wildman–Crippen LogP) is 17.6. The summed E-state index contributed by atoms with van der Waals surface area (Å²) in [6.45, 7) is -0.564. The molecule has 0 N–H and O–H groups in total. The number of benzene rings is 10. The van der Waals surface area contributed by atoms with Gasteiger partial charge in [-0.2, -0.15) is 12.1 Å². The van der Waals surface area contributed by atoms with Crippen LogP contribution in [0.15, 0.2) is 249 Å². The van der Waals surface area contributed by atoms with Crippen molar-refractivity contribution in [2.75, 3.05) is 9.80 Å². The van der Waals surface area contributed by atoms with E-state index in [9.17, 15) is 4.11 Å². The molecule has 5 nitrogen and oxygen atoms in total. The number of aryl methyl sites for hydroxylation is 1. The number of hydrogen-bond donors (Lipinski definition) is 0. The molecule has 0 saturated heterocycles. The van der Waals surface area contributed by atoms with Gasteiger partial charge in [-0.05, 0) is 72.6 Å². The van der Waals surface area contributed by atoms with Gasteiger partial charge in [0.2, 0.25) is 0 Å². The Kier molecular flexibility index (Phi) is 10.4. The summed E-state index contributed by atoms with van der Waals surface area (Å²) in [5, 5.41) is 1.67. The molecule has 0 atom stereocenters. The number of para-hydroxylation sites is 3. The molecule has 0 amide bonds. The maximum atomic E-state index is 9.49. The van der Waals surface area contributed by atoms with Gasteiger partial charge in [0.05, 0.1) is 0 Å². The number of ether oxygens (including phenoxy) is 1. The summed E-state index contributed by atoms with van der Waals surface area (Å²) in [6.07, 6.45) is 1.62. The Morgan fingerprint density at radius 1 is 0.507 bits per heavy atom. The number of pyridine rings is 1. The van der Waals surface area contributed by atoms with Crippen molar-refractivity contribution in [3.63, 3.8) is 0 Å². The van der Waals surface area contributed by atoms with E-state index in [1.54, 1.807) is 12.3 Å². The van der Waals surface area contributed by atoms with Crippen molar-refractivity contribution in [1.82, 2.24) is 9.55 Å². The smallest absolute Gasteiger partial charge is 0.135 e. The van der Waals surface area contributed by atoms with E-state index in [2.05, 4.69) is 77.7 Å². The molecule has 352 valence electrons. The monoisotopic (exact) mass is 1120 g/mol. The number of nitrogens with zero attached hydrogens (tertiary/aromatic N) is 4. The Hall–Kier alpha value is -8.76. The van der Waals surface area contributed by atoms with Crippen LogP contribution >= 0.6 is 0 Å². The maximum Gasteiger partial charge on any atom is 0.135 e. The second-order valence-electron chi connectivity index (χ2n) is 17.6. The average Bonchev–Trinajstić information content (AvgIpc) is 4.23. The fourth-order valence-electron chi connectivity index (χ4n) is 9.91. The van der Waals surface area contributed by atoms with Crippen LogP contribution in [0.2, 0.25) is 0 Å². The Bertz CT molecular complexity index is 4180. The van der Waals surface area contributed by atoms with Gasteiger partial charge in [-0.3, -0.25) is 0 Å². The molecule has 1 aliphatic heterocycles. The van der Waals surface area contributed by atoms with Crippen molar-refractivity contribution in [3.8, 4) is 73.0 Å². The third-order valence-corrected chi connectivity index (χ3v) is 13.3. The van der Waals surface area contributed by atoms with Gasteiger partial charge < -0.3 is 19.1 Å². The summed E-state index contributed by atoms with van der Waals surface area (Å²) >= 11 is 0. The van der Waals surface area contributed by atoms with Gasteiger partial charge >= 0.3 is 0 Å². The Morgan fingerprint density at radius 2 is 1.07 bits per heavy atom. The topological polar surface area (TPSA) is 33.5 Å². The van der Waals surface area contributed by atoms with Gasteiger partial charge in [0, 0.05) is 83.5 Å². The van der Waals surface area contributed by atoms with Gasteiger partial charge in [-0.25, -0.2) is 4.98 Å². The molecule has 6 heteroatoms. The van der Waals surface area contributed by atoms with E-state index in [0.29, 0.717) is 22.5 Å². The van der Waals surface area contributed by atoms with Crippen LogP contribution in [-0.4, -0.2) is 9.55 Å². The van der Waals surface area contributed by atoms with Crippen molar-refractivity contribution in [2.24, 2.45) is 0 Å². The summed E-state index contributed by atoms with van der Waals surface area (Å²) in [5.41, 5.74) is 12.9. The molecule has 2 aromatic heterocycles. The van der Waals surface area contributed by atoms with Crippen LogP contribution in [-0.2, 0) is 21.1 Å². The molecule has 0 radical (unpaired) electrons. The van der Waals surface area contributed by atoms with Crippen molar-refractivity contribution >= 4 is 44.6 Å².